The molecule has 1 aliphatic heterocycles. The van der Waals surface area contributed by atoms with Gasteiger partial charge >= 0.3 is 0 Å². The Labute approximate surface area is 159 Å². The summed E-state index contributed by atoms with van der Waals surface area (Å²) in [5, 5.41) is 3.23. The van der Waals surface area contributed by atoms with Crippen LogP contribution in [0.2, 0.25) is 0 Å². The Kier molecular flexibility index (Phi) is 5.46. The lowest BCUT2D eigenvalue weighted by molar-refractivity contribution is 0.0741. The van der Waals surface area contributed by atoms with E-state index in [0.29, 0.717) is 18.1 Å². The van der Waals surface area contributed by atoms with Gasteiger partial charge in [-0.2, -0.15) is 0 Å². The van der Waals surface area contributed by atoms with Gasteiger partial charge in [0.1, 0.15) is 5.69 Å². The number of nitrogens with one attached hydrogen (secondary N) is 1. The minimum Gasteiger partial charge on any atom is -0.348 e. The monoisotopic (exact) mass is 388 g/mol. The Morgan fingerprint density at radius 3 is 2.59 bits per heavy atom. The molecule has 1 N–H and O–H groups in total. The average Bonchev–Trinajstić information content (AvgIpc) is 3.00. The van der Waals surface area contributed by atoms with E-state index in [2.05, 4.69) is 15.3 Å². The Morgan fingerprint density at radius 2 is 1.96 bits per heavy atom. The van der Waals surface area contributed by atoms with Crippen LogP contribution in [0, 0.1) is 6.92 Å². The predicted molar refractivity (Wildman–Crippen MR) is 104 cm³/mol. The fourth-order valence-corrected chi connectivity index (χ4v) is 4.96. The number of sulfone groups is 1. The van der Waals surface area contributed by atoms with Crippen LogP contribution in [-0.4, -0.2) is 53.8 Å². The van der Waals surface area contributed by atoms with Crippen molar-refractivity contribution in [3.8, 4) is 0 Å². The Hall–Kier alpha value is -2.48. The van der Waals surface area contributed by atoms with Crippen molar-refractivity contribution < 1.29 is 13.2 Å². The molecular weight excluding hydrogens is 364 g/mol. The van der Waals surface area contributed by atoms with E-state index >= 15 is 0 Å². The van der Waals surface area contributed by atoms with Crippen LogP contribution in [0.1, 0.15) is 41.1 Å². The summed E-state index contributed by atoms with van der Waals surface area (Å²) in [6, 6.07) is 11.2. The Balaban J connectivity index is 1.77. The van der Waals surface area contributed by atoms with Gasteiger partial charge in [-0.05, 0) is 31.9 Å². The van der Waals surface area contributed by atoms with Crippen molar-refractivity contribution in [2.45, 2.75) is 32.4 Å². The molecular formula is C19H24N4O3S. The number of carbonyl (C=O) groups is 1. The van der Waals surface area contributed by atoms with Gasteiger partial charge in [0.15, 0.2) is 9.84 Å². The molecule has 0 aliphatic carbocycles. The van der Waals surface area contributed by atoms with Gasteiger partial charge in [-0.3, -0.25) is 4.79 Å². The van der Waals surface area contributed by atoms with E-state index in [4.69, 9.17) is 0 Å². The van der Waals surface area contributed by atoms with E-state index in [1.807, 2.05) is 37.3 Å². The van der Waals surface area contributed by atoms with E-state index in [0.717, 1.165) is 5.56 Å². The molecule has 2 atom stereocenters. The summed E-state index contributed by atoms with van der Waals surface area (Å²) < 4.78 is 23.4. The van der Waals surface area contributed by atoms with Crippen LogP contribution in [0.3, 0.4) is 0 Å². The first kappa shape index (κ1) is 19.3. The van der Waals surface area contributed by atoms with E-state index in [1.54, 1.807) is 20.0 Å². The molecule has 1 saturated heterocycles. The van der Waals surface area contributed by atoms with Crippen LogP contribution in [0.25, 0.3) is 0 Å². The molecule has 3 rings (SSSR count). The van der Waals surface area contributed by atoms with E-state index in [9.17, 15) is 13.2 Å². The summed E-state index contributed by atoms with van der Waals surface area (Å²) in [4.78, 5) is 23.0. The molecule has 2 heterocycles. The summed E-state index contributed by atoms with van der Waals surface area (Å²) >= 11 is 0. The SMILES string of the molecule is Cc1cc(C(=O)N(C)C2CCS(=O)(=O)C2)nc(NC(C)c2ccccc2)n1. The van der Waals surface area contributed by atoms with Gasteiger partial charge in [-0.15, -0.1) is 0 Å². The van der Waals surface area contributed by atoms with Crippen molar-refractivity contribution >= 4 is 21.7 Å². The first-order valence-electron chi connectivity index (χ1n) is 8.90. The minimum absolute atomic E-state index is 0.00938. The maximum absolute atomic E-state index is 12.8. The Bertz CT molecular complexity index is 931. The van der Waals surface area contributed by atoms with Crippen LogP contribution in [0.15, 0.2) is 36.4 Å². The van der Waals surface area contributed by atoms with E-state index in [1.165, 1.54) is 4.90 Å². The Morgan fingerprint density at radius 1 is 1.26 bits per heavy atom. The maximum Gasteiger partial charge on any atom is 0.272 e. The number of rotatable bonds is 5. The second kappa shape index (κ2) is 7.64. The molecule has 0 saturated carbocycles. The van der Waals surface area contributed by atoms with Gasteiger partial charge in [0.05, 0.1) is 17.5 Å². The van der Waals surface area contributed by atoms with Crippen LogP contribution < -0.4 is 5.32 Å². The van der Waals surface area contributed by atoms with Crippen molar-refractivity contribution in [2.75, 3.05) is 23.9 Å². The third-order valence-corrected chi connectivity index (χ3v) is 6.55. The van der Waals surface area contributed by atoms with Gasteiger partial charge < -0.3 is 10.2 Å². The number of benzene rings is 1. The summed E-state index contributed by atoms with van der Waals surface area (Å²) in [6.45, 7) is 3.80. The van der Waals surface area contributed by atoms with Crippen LogP contribution in [-0.2, 0) is 9.84 Å². The smallest absolute Gasteiger partial charge is 0.272 e. The van der Waals surface area contributed by atoms with Crippen molar-refractivity contribution in [1.29, 1.82) is 0 Å². The zero-order valence-electron chi connectivity index (χ0n) is 15.7. The lowest BCUT2D eigenvalue weighted by Gasteiger charge is -2.23. The summed E-state index contributed by atoms with van der Waals surface area (Å²) in [5.74, 6) is 0.217. The van der Waals surface area contributed by atoms with Gasteiger partial charge in [0.25, 0.3) is 5.91 Å². The number of hydrogen-bond acceptors (Lipinski definition) is 6. The van der Waals surface area contributed by atoms with E-state index in [-0.39, 0.29) is 35.2 Å². The molecule has 8 heteroatoms. The third-order valence-electron chi connectivity index (χ3n) is 4.79. The second-order valence-electron chi connectivity index (χ2n) is 6.97. The normalized spacial score (nSPS) is 19.4. The summed E-state index contributed by atoms with van der Waals surface area (Å²) in [6.07, 6.45) is 0.463. The molecule has 1 aromatic carbocycles. The molecule has 1 amide bonds. The lowest BCUT2D eigenvalue weighted by atomic mass is 10.1. The van der Waals surface area contributed by atoms with Crippen molar-refractivity contribution in [1.82, 2.24) is 14.9 Å². The van der Waals surface area contributed by atoms with Crippen molar-refractivity contribution in [3.05, 3.63) is 53.3 Å². The molecule has 0 radical (unpaired) electrons. The highest BCUT2D eigenvalue weighted by atomic mass is 32.2. The molecule has 0 spiro atoms. The zero-order chi connectivity index (χ0) is 19.6. The molecule has 27 heavy (non-hydrogen) atoms. The molecule has 0 bridgehead atoms. The lowest BCUT2D eigenvalue weighted by Crippen LogP contribution is -2.38. The fraction of sp³-hybridized carbons (Fsp3) is 0.421. The molecule has 2 aromatic rings. The molecule has 1 aliphatic rings. The molecule has 2 unspecified atom stereocenters. The fourth-order valence-electron chi connectivity index (χ4n) is 3.19. The number of anilines is 1. The van der Waals surface area contributed by atoms with Crippen molar-refractivity contribution in [2.24, 2.45) is 0 Å². The first-order valence-corrected chi connectivity index (χ1v) is 10.7. The van der Waals surface area contributed by atoms with Gasteiger partial charge in [-0.1, -0.05) is 30.3 Å². The van der Waals surface area contributed by atoms with Crippen LogP contribution in [0.4, 0.5) is 5.95 Å². The molecule has 7 nitrogen and oxygen atoms in total. The first-order chi connectivity index (χ1) is 12.7. The van der Waals surface area contributed by atoms with Gasteiger partial charge in [-0.25, -0.2) is 18.4 Å². The highest BCUT2D eigenvalue weighted by Gasteiger charge is 2.33. The molecule has 144 valence electrons. The minimum atomic E-state index is -3.06. The van der Waals surface area contributed by atoms with Gasteiger partial charge in [0, 0.05) is 18.8 Å². The number of aromatic nitrogens is 2. The number of hydrogen-bond donors (Lipinski definition) is 1. The standard InChI is InChI=1S/C19H24N4O3S/c1-13-11-17(18(24)23(3)16-9-10-27(25,26)12-16)22-19(20-13)21-14(2)15-7-5-4-6-8-15/h4-8,11,14,16H,9-10,12H2,1-3H3,(H,20,21,22). The average molecular weight is 388 g/mol. The molecule has 1 fully saturated rings. The summed E-state index contributed by atoms with van der Waals surface area (Å²) in [7, 11) is -1.43. The highest BCUT2D eigenvalue weighted by Crippen LogP contribution is 2.20. The van der Waals surface area contributed by atoms with E-state index < -0.39 is 9.84 Å². The van der Waals surface area contributed by atoms with Crippen LogP contribution >= 0.6 is 0 Å². The predicted octanol–water partition coefficient (Wildman–Crippen LogP) is 2.22. The molecule has 1 aromatic heterocycles. The second-order valence-corrected chi connectivity index (χ2v) is 9.20. The topological polar surface area (TPSA) is 92.3 Å². The third kappa shape index (κ3) is 4.63. The quantitative estimate of drug-likeness (QED) is 0.844. The number of amides is 1. The number of aryl methyl sites for hydroxylation is 1. The number of nitrogens with zero attached hydrogens (tertiary/aromatic N) is 3. The van der Waals surface area contributed by atoms with Gasteiger partial charge in [0.2, 0.25) is 5.95 Å². The summed E-state index contributed by atoms with van der Waals surface area (Å²) in [5.41, 5.74) is 2.02. The van der Waals surface area contributed by atoms with Crippen molar-refractivity contribution in [3.63, 3.8) is 0 Å². The number of carbonyl (C=O) groups excluding carboxylic acids is 1. The largest absolute Gasteiger partial charge is 0.348 e. The van der Waals surface area contributed by atoms with Crippen LogP contribution in [0.5, 0.6) is 0 Å². The zero-order valence-corrected chi connectivity index (χ0v) is 16.5. The maximum atomic E-state index is 12.8. The highest BCUT2D eigenvalue weighted by molar-refractivity contribution is 7.91.